The number of aromatic nitrogens is 6. The lowest BCUT2D eigenvalue weighted by Crippen LogP contribution is -2.47. The van der Waals surface area contributed by atoms with Crippen molar-refractivity contribution in [2.24, 2.45) is 0 Å². The molecule has 2 atom stereocenters. The quantitative estimate of drug-likeness (QED) is 0.299. The summed E-state index contributed by atoms with van der Waals surface area (Å²) in [6.45, 7) is 5.93. The summed E-state index contributed by atoms with van der Waals surface area (Å²) >= 11 is 0. The van der Waals surface area contributed by atoms with E-state index in [9.17, 15) is 9.59 Å². The van der Waals surface area contributed by atoms with Crippen molar-refractivity contribution in [1.29, 1.82) is 0 Å². The number of nitrogen functional groups attached to an aromatic ring is 1. The Morgan fingerprint density at radius 3 is 2.57 bits per heavy atom. The molecule has 46 heavy (non-hydrogen) atoms. The van der Waals surface area contributed by atoms with E-state index in [1.807, 2.05) is 26.0 Å². The lowest BCUT2D eigenvalue weighted by atomic mass is 10.00. The van der Waals surface area contributed by atoms with Crippen LogP contribution in [0.3, 0.4) is 0 Å². The molecule has 0 unspecified atom stereocenters. The van der Waals surface area contributed by atoms with Crippen LogP contribution in [0, 0.1) is 5.82 Å². The molecule has 1 fully saturated rings. The monoisotopic (exact) mass is 621 g/mol. The van der Waals surface area contributed by atoms with Gasteiger partial charge in [-0.25, -0.2) is 29.4 Å². The van der Waals surface area contributed by atoms with Crippen molar-refractivity contribution in [3.05, 3.63) is 99.1 Å². The number of carbonyl (C=O) groups excluding carboxylic acids is 1. The number of fused-ring (bicyclic) bond motifs is 2. The summed E-state index contributed by atoms with van der Waals surface area (Å²) in [5, 5.41) is 8.00. The van der Waals surface area contributed by atoms with E-state index < -0.39 is 11.7 Å². The number of H-pyrrole nitrogens is 1. The summed E-state index contributed by atoms with van der Waals surface area (Å²) in [4.78, 5) is 48.0. The third-order valence-electron chi connectivity index (χ3n) is 8.39. The number of nitrogens with two attached hydrogens (primary N) is 1. The van der Waals surface area contributed by atoms with Crippen LogP contribution in [0.25, 0.3) is 22.2 Å². The van der Waals surface area contributed by atoms with Crippen LogP contribution in [0.5, 0.6) is 0 Å². The van der Waals surface area contributed by atoms with Gasteiger partial charge < -0.3 is 20.3 Å². The third-order valence-corrected chi connectivity index (χ3v) is 8.39. The van der Waals surface area contributed by atoms with Crippen LogP contribution in [-0.4, -0.2) is 72.8 Å². The summed E-state index contributed by atoms with van der Waals surface area (Å²) in [7, 11) is 0. The number of hydrogen-bond donors (Lipinski definition) is 2. The molecule has 12 nitrogen and oxygen atoms in total. The van der Waals surface area contributed by atoms with E-state index in [0.717, 1.165) is 11.4 Å². The van der Waals surface area contributed by atoms with Crippen molar-refractivity contribution in [3.8, 4) is 11.4 Å². The Balaban J connectivity index is 1.21. The van der Waals surface area contributed by atoms with Crippen molar-refractivity contribution in [2.75, 3.05) is 30.3 Å². The maximum absolute atomic E-state index is 15.2. The fourth-order valence-corrected chi connectivity index (χ4v) is 6.30. The number of nitrogens with zero attached hydrogens (tertiary/aromatic N) is 7. The molecular formula is C33H32FN9O3. The van der Waals surface area contributed by atoms with Gasteiger partial charge in [0.25, 0.3) is 11.5 Å². The Morgan fingerprint density at radius 1 is 1.07 bits per heavy atom. The van der Waals surface area contributed by atoms with E-state index in [1.54, 1.807) is 41.6 Å². The first-order valence-electron chi connectivity index (χ1n) is 15.2. The van der Waals surface area contributed by atoms with Crippen LogP contribution >= 0.6 is 0 Å². The minimum Gasteiger partial charge on any atom is -0.372 e. The van der Waals surface area contributed by atoms with Crippen molar-refractivity contribution in [3.63, 3.8) is 0 Å². The zero-order valence-corrected chi connectivity index (χ0v) is 25.4. The highest BCUT2D eigenvalue weighted by molar-refractivity contribution is 5.95. The minimum absolute atomic E-state index is 0.0129. The average Bonchev–Trinajstić information content (AvgIpc) is 3.06. The van der Waals surface area contributed by atoms with Gasteiger partial charge in [-0.15, -0.1) is 0 Å². The molecule has 3 N–H and O–H groups in total. The van der Waals surface area contributed by atoms with E-state index >= 15 is 4.39 Å². The van der Waals surface area contributed by atoms with Gasteiger partial charge in [-0.2, -0.15) is 5.10 Å². The summed E-state index contributed by atoms with van der Waals surface area (Å²) in [6.07, 6.45) is 3.99. The molecule has 0 bridgehead atoms. The van der Waals surface area contributed by atoms with Gasteiger partial charge >= 0.3 is 0 Å². The number of anilines is 2. The van der Waals surface area contributed by atoms with E-state index in [4.69, 9.17) is 20.4 Å². The Labute approximate surface area is 263 Å². The number of morpholine rings is 1. The summed E-state index contributed by atoms with van der Waals surface area (Å²) in [6, 6.07) is 11.7. The lowest BCUT2D eigenvalue weighted by Gasteiger charge is -2.38. The molecule has 1 saturated heterocycles. The summed E-state index contributed by atoms with van der Waals surface area (Å²) < 4.78 is 21.2. The van der Waals surface area contributed by atoms with Crippen LogP contribution in [0.15, 0.2) is 59.7 Å². The predicted molar refractivity (Wildman–Crippen MR) is 170 cm³/mol. The maximum atomic E-state index is 15.2. The second kappa shape index (κ2) is 11.9. The Hall–Kier alpha value is -5.30. The number of aromatic amines is 1. The van der Waals surface area contributed by atoms with Crippen LogP contribution in [-0.2, 0) is 24.1 Å². The van der Waals surface area contributed by atoms with Gasteiger partial charge in [0, 0.05) is 49.4 Å². The first-order chi connectivity index (χ1) is 22.2. The largest absolute Gasteiger partial charge is 0.372 e. The molecule has 13 heteroatoms. The predicted octanol–water partition coefficient (Wildman–Crippen LogP) is 3.29. The summed E-state index contributed by atoms with van der Waals surface area (Å²) in [5.74, 6) is 0.306. The standard InChI is InChI=1S/C33H32FN9O3/c1-18-15-43(16-19(2)46-18)30-24-9-10-42(17-28(24)38-29(39-30)21-13-36-33(35)37-14-21)32(45)25-11-20(7-8-26(25)34)12-27-22-5-3-4-6-23(22)31(44)41-40-27/h3-8,11,13-14,18-19H,9-10,12,15-17H2,1-2H3,(H,41,44)(H2,35,36,37)/t18-,19+. The SMILES string of the molecule is C[C@@H]1CN(c2nc(-c3cnc(N)nc3)nc3c2CCN(C(=O)c2cc(Cc4n[nH]c(=O)c5ccccc45)ccc2F)C3)C[C@H](C)O1. The normalized spacial score (nSPS) is 18.1. The molecule has 0 aliphatic carbocycles. The average molecular weight is 622 g/mol. The van der Waals surface area contributed by atoms with Crippen LogP contribution in [0.4, 0.5) is 16.2 Å². The molecule has 0 radical (unpaired) electrons. The fourth-order valence-electron chi connectivity index (χ4n) is 6.30. The number of ether oxygens (including phenoxy) is 1. The van der Waals surface area contributed by atoms with Gasteiger partial charge in [0.1, 0.15) is 11.6 Å². The molecule has 0 saturated carbocycles. The molecule has 3 aromatic heterocycles. The van der Waals surface area contributed by atoms with E-state index in [0.29, 0.717) is 71.6 Å². The molecule has 2 aliphatic heterocycles. The topological polar surface area (TPSA) is 156 Å². The Kier molecular flexibility index (Phi) is 7.61. The molecule has 5 heterocycles. The first-order valence-corrected chi connectivity index (χ1v) is 15.2. The van der Waals surface area contributed by atoms with Gasteiger partial charge in [0.2, 0.25) is 5.95 Å². The minimum atomic E-state index is -0.613. The second-order valence-corrected chi connectivity index (χ2v) is 11.8. The number of carbonyl (C=O) groups is 1. The van der Waals surface area contributed by atoms with Crippen LogP contribution < -0.4 is 16.2 Å². The van der Waals surface area contributed by atoms with Crippen molar-refractivity contribution in [2.45, 2.75) is 45.4 Å². The smallest absolute Gasteiger partial charge is 0.272 e. The third kappa shape index (κ3) is 5.65. The number of hydrogen-bond acceptors (Lipinski definition) is 10. The van der Waals surface area contributed by atoms with Crippen molar-refractivity contribution >= 4 is 28.4 Å². The van der Waals surface area contributed by atoms with Gasteiger partial charge in [0.05, 0.1) is 46.7 Å². The first kappa shape index (κ1) is 29.4. The summed E-state index contributed by atoms with van der Waals surface area (Å²) in [5.41, 5.74) is 8.96. The molecule has 234 valence electrons. The van der Waals surface area contributed by atoms with Crippen LogP contribution in [0.1, 0.15) is 46.7 Å². The molecule has 2 aromatic carbocycles. The number of halogens is 1. The molecular weight excluding hydrogens is 589 g/mol. The van der Waals surface area contributed by atoms with E-state index in [1.165, 1.54) is 6.07 Å². The molecule has 7 rings (SSSR count). The van der Waals surface area contributed by atoms with Gasteiger partial charge in [-0.05, 0) is 44.0 Å². The maximum Gasteiger partial charge on any atom is 0.272 e. The van der Waals surface area contributed by atoms with Crippen molar-refractivity contribution in [1.82, 2.24) is 35.0 Å². The highest BCUT2D eigenvalue weighted by Gasteiger charge is 2.32. The van der Waals surface area contributed by atoms with E-state index in [-0.39, 0.29) is 35.8 Å². The lowest BCUT2D eigenvalue weighted by molar-refractivity contribution is -0.00553. The number of benzene rings is 2. The van der Waals surface area contributed by atoms with Gasteiger partial charge in [0.15, 0.2) is 5.82 Å². The van der Waals surface area contributed by atoms with Gasteiger partial charge in [-0.1, -0.05) is 24.3 Å². The van der Waals surface area contributed by atoms with Crippen molar-refractivity contribution < 1.29 is 13.9 Å². The molecule has 5 aromatic rings. The zero-order chi connectivity index (χ0) is 31.9. The van der Waals surface area contributed by atoms with Gasteiger partial charge in [-0.3, -0.25) is 9.59 Å². The Bertz CT molecular complexity index is 2010. The number of amides is 1. The molecule has 0 spiro atoms. The zero-order valence-electron chi connectivity index (χ0n) is 25.4. The number of rotatable bonds is 5. The molecule has 2 aliphatic rings. The van der Waals surface area contributed by atoms with Crippen LogP contribution in [0.2, 0.25) is 0 Å². The highest BCUT2D eigenvalue weighted by Crippen LogP contribution is 2.32. The number of nitrogens with one attached hydrogen (secondary N) is 1. The Morgan fingerprint density at radius 2 is 1.80 bits per heavy atom. The molecule has 1 amide bonds. The van der Waals surface area contributed by atoms with E-state index in [2.05, 4.69) is 25.1 Å². The fraction of sp³-hybridized carbons (Fsp3) is 0.303. The second-order valence-electron chi connectivity index (χ2n) is 11.8. The highest BCUT2D eigenvalue weighted by atomic mass is 19.1.